The Morgan fingerprint density at radius 1 is 0.607 bits per heavy atom. The van der Waals surface area contributed by atoms with Gasteiger partial charge in [0.25, 0.3) is 11.2 Å². The first-order valence-corrected chi connectivity index (χ1v) is 6.26. The van der Waals surface area contributed by atoms with Crippen molar-refractivity contribution in [3.8, 4) is 0 Å². The van der Waals surface area contributed by atoms with E-state index in [1.54, 1.807) is 0 Å². The van der Waals surface area contributed by atoms with Gasteiger partial charge in [-0.3, -0.25) is 4.74 Å². The number of rotatable bonds is 1. The Hall–Kier alpha value is -0.880. The maximum absolute atomic E-state index is 14.1. The van der Waals surface area contributed by atoms with E-state index in [2.05, 4.69) is 11.6 Å². The Morgan fingerprint density at radius 2 is 0.929 bits per heavy atom. The Morgan fingerprint density at radius 3 is 1.14 bits per heavy atom. The van der Waals surface area contributed by atoms with Crippen molar-refractivity contribution < 1.29 is 80.8 Å². The lowest BCUT2D eigenvalue weighted by atomic mass is 9.66. The summed E-state index contributed by atoms with van der Waals surface area (Å²) in [6, 6.07) is 0. The minimum atomic E-state index is -8.10. The predicted molar refractivity (Wildman–Crippen MR) is 52.6 cm³/mol. The first kappa shape index (κ1) is 25.2. The van der Waals surface area contributed by atoms with Gasteiger partial charge in [0.05, 0.1) is 0 Å². The molecule has 1 unspecified atom stereocenters. The van der Waals surface area contributed by atoms with Crippen LogP contribution in [0.25, 0.3) is 0 Å². The van der Waals surface area contributed by atoms with E-state index in [-0.39, 0.29) is 0 Å². The van der Waals surface area contributed by atoms with Crippen molar-refractivity contribution in [2.45, 2.75) is 52.7 Å². The van der Waals surface area contributed by atoms with Crippen LogP contribution in [0.1, 0.15) is 0 Å². The fourth-order valence-electron chi connectivity index (χ4n) is 2.41. The number of halogens is 16. The van der Waals surface area contributed by atoms with Gasteiger partial charge in [-0.1, -0.05) is 0 Å². The molecule has 1 aliphatic rings. The van der Waals surface area contributed by atoms with Crippen molar-refractivity contribution in [2.75, 3.05) is 0 Å². The van der Waals surface area contributed by atoms with Crippen LogP contribution in [0.2, 0.25) is 0 Å². The van der Waals surface area contributed by atoms with Crippen molar-refractivity contribution >= 4 is 11.6 Å². The second-order valence-corrected chi connectivity index (χ2v) is 5.76. The highest BCUT2D eigenvalue weighted by Crippen LogP contribution is 2.71. The van der Waals surface area contributed by atoms with Gasteiger partial charge in [-0.25, -0.2) is 0 Å². The molecule has 0 bridgehead atoms. The van der Waals surface area contributed by atoms with Crippen molar-refractivity contribution in [3.63, 3.8) is 0 Å². The molecule has 0 spiro atoms. The maximum Gasteiger partial charge on any atom is 0.431 e. The molecule has 1 heterocycles. The van der Waals surface area contributed by atoms with E-state index in [1.807, 2.05) is 4.74 Å². The second-order valence-electron chi connectivity index (χ2n) is 5.29. The van der Waals surface area contributed by atoms with Gasteiger partial charge in [-0.15, -0.1) is 0 Å². The van der Waals surface area contributed by atoms with Crippen molar-refractivity contribution in [1.29, 1.82) is 0 Å². The summed E-state index contributed by atoms with van der Waals surface area (Å²) in [4.78, 5) is 0. The van der Waals surface area contributed by atoms with Gasteiger partial charge < -0.3 is 10.2 Å². The van der Waals surface area contributed by atoms with Crippen LogP contribution in [-0.4, -0.2) is 63.0 Å². The normalized spacial score (nSPS) is 37.1. The van der Waals surface area contributed by atoms with Crippen LogP contribution in [0.15, 0.2) is 0 Å². The van der Waals surface area contributed by atoms with E-state index in [9.17, 15) is 65.9 Å². The summed E-state index contributed by atoms with van der Waals surface area (Å²) in [5.41, 5.74) is -23.1. The molecule has 1 saturated heterocycles. The largest absolute Gasteiger partial charge is 0.431 e. The Labute approximate surface area is 146 Å². The third-order valence-corrected chi connectivity index (χ3v) is 4.01. The molecule has 168 valence electrons. The minimum absolute atomic E-state index is 1.82. The minimum Gasteiger partial charge on any atom is -0.373 e. The monoisotopic (exact) mass is 478 g/mol. The first-order chi connectivity index (χ1) is 11.7. The molecular formula is C9H2ClF15O3. The Bertz CT molecular complexity index is 617. The molecule has 3 atom stereocenters. The molecule has 0 aliphatic carbocycles. The van der Waals surface area contributed by atoms with Crippen LogP contribution in [0, 0.1) is 0 Å². The number of hydrogen-bond donors (Lipinski definition) is 2. The SMILES string of the molecule is O[C@]1(C(F)(F)F)C(F)(F)C(C(F)(F)F)(C(F)(F)Cl)OC(F)(F)[C@@]1(O)C(F)(F)F. The second kappa shape index (κ2) is 5.63. The maximum atomic E-state index is 14.1. The van der Waals surface area contributed by atoms with E-state index < -0.39 is 52.7 Å². The first-order valence-electron chi connectivity index (χ1n) is 5.88. The van der Waals surface area contributed by atoms with Crippen molar-refractivity contribution in [1.82, 2.24) is 0 Å². The molecule has 0 amide bonds. The zero-order valence-electron chi connectivity index (χ0n) is 11.9. The van der Waals surface area contributed by atoms with Crippen LogP contribution in [0.5, 0.6) is 0 Å². The van der Waals surface area contributed by atoms with Gasteiger partial charge in [0.1, 0.15) is 0 Å². The number of hydrogen-bond acceptors (Lipinski definition) is 3. The molecule has 0 saturated carbocycles. The quantitative estimate of drug-likeness (QED) is 0.443. The van der Waals surface area contributed by atoms with Crippen LogP contribution in [-0.2, 0) is 4.74 Å². The lowest BCUT2D eigenvalue weighted by molar-refractivity contribution is -0.589. The molecule has 0 aromatic carbocycles. The average Bonchev–Trinajstić information content (AvgIpc) is 2.35. The standard InChI is InChI=1S/C9H2ClF15O3/c10-5(13,14)3(8(21,22)23)4(11,12)1(26,6(15,16)17)2(27,7(18,19)20)9(24,25)28-3/h26-27H/t1-,2-,3?/m0/s1. The predicted octanol–water partition coefficient (Wildman–Crippen LogP) is 3.96. The van der Waals surface area contributed by atoms with Gasteiger partial charge in [0.15, 0.2) is 0 Å². The molecule has 1 aliphatic heterocycles. The summed E-state index contributed by atoms with van der Waals surface area (Å²) in [7, 11) is 0. The molecule has 28 heavy (non-hydrogen) atoms. The third-order valence-electron chi connectivity index (χ3n) is 3.74. The fourth-order valence-corrected chi connectivity index (χ4v) is 2.67. The zero-order chi connectivity index (χ0) is 23.2. The van der Waals surface area contributed by atoms with E-state index in [0.717, 1.165) is 0 Å². The molecule has 0 radical (unpaired) electrons. The lowest BCUT2D eigenvalue weighted by Gasteiger charge is -2.60. The Kier molecular flexibility index (Phi) is 5.06. The number of alkyl halides is 16. The number of ether oxygens (including phenoxy) is 1. The summed E-state index contributed by atoms with van der Waals surface area (Å²) >= 11 is 3.62. The highest BCUT2D eigenvalue weighted by Gasteiger charge is 3.04. The molecular weight excluding hydrogens is 477 g/mol. The highest BCUT2D eigenvalue weighted by molar-refractivity contribution is 6.22. The zero-order valence-corrected chi connectivity index (χ0v) is 12.6. The van der Waals surface area contributed by atoms with Gasteiger partial charge in [0.2, 0.25) is 0 Å². The Balaban J connectivity index is 4.33. The molecule has 1 rings (SSSR count). The van der Waals surface area contributed by atoms with Crippen molar-refractivity contribution in [2.24, 2.45) is 0 Å². The van der Waals surface area contributed by atoms with Crippen LogP contribution in [0.3, 0.4) is 0 Å². The molecule has 2 N–H and O–H groups in total. The molecule has 19 heteroatoms. The summed E-state index contributed by atoms with van der Waals surface area (Å²) in [5.74, 6) is -8.10. The van der Waals surface area contributed by atoms with E-state index in [0.29, 0.717) is 0 Å². The average molecular weight is 479 g/mol. The van der Waals surface area contributed by atoms with Crippen LogP contribution >= 0.6 is 11.6 Å². The van der Waals surface area contributed by atoms with Crippen LogP contribution < -0.4 is 0 Å². The van der Waals surface area contributed by atoms with E-state index >= 15 is 0 Å². The smallest absolute Gasteiger partial charge is 0.373 e. The van der Waals surface area contributed by atoms with E-state index in [4.69, 9.17) is 10.2 Å². The van der Waals surface area contributed by atoms with Gasteiger partial charge in [-0.2, -0.15) is 65.9 Å². The van der Waals surface area contributed by atoms with Gasteiger partial charge >= 0.3 is 41.5 Å². The molecule has 0 aromatic rings. The summed E-state index contributed by atoms with van der Waals surface area (Å²) in [5, 5.41) is 10.6. The summed E-state index contributed by atoms with van der Waals surface area (Å²) in [6.07, 6.45) is -31.0. The number of aliphatic hydroxyl groups is 2. The molecule has 3 nitrogen and oxygen atoms in total. The summed E-state index contributed by atoms with van der Waals surface area (Å²) < 4.78 is 199. The van der Waals surface area contributed by atoms with Crippen LogP contribution in [0.4, 0.5) is 65.9 Å². The van der Waals surface area contributed by atoms with Crippen molar-refractivity contribution in [3.05, 3.63) is 0 Å². The third kappa shape index (κ3) is 2.46. The van der Waals surface area contributed by atoms with Gasteiger partial charge in [-0.05, 0) is 11.6 Å². The van der Waals surface area contributed by atoms with Gasteiger partial charge in [0, 0.05) is 0 Å². The lowest BCUT2D eigenvalue weighted by Crippen LogP contribution is -2.93. The topological polar surface area (TPSA) is 49.7 Å². The van der Waals surface area contributed by atoms with E-state index in [1.165, 1.54) is 0 Å². The summed E-state index contributed by atoms with van der Waals surface area (Å²) in [6.45, 7) is 0. The highest BCUT2D eigenvalue weighted by atomic mass is 35.5. The molecule has 1 fully saturated rings. The fraction of sp³-hybridized carbons (Fsp3) is 1.00. The molecule has 0 aromatic heterocycles.